The summed E-state index contributed by atoms with van der Waals surface area (Å²) >= 11 is 0. The molecule has 1 atom stereocenters. The summed E-state index contributed by atoms with van der Waals surface area (Å²) in [5.41, 5.74) is -0.798. The Morgan fingerprint density at radius 1 is 1.08 bits per heavy atom. The van der Waals surface area contributed by atoms with Gasteiger partial charge in [0.2, 0.25) is 0 Å². The Bertz CT molecular complexity index is 459. The van der Waals surface area contributed by atoms with Crippen LogP contribution < -0.4 is 0 Å². The van der Waals surface area contributed by atoms with Gasteiger partial charge in [0.1, 0.15) is 0 Å². The smallest absolute Gasteiger partial charge is 0.380 e. The number of carbonyl (C=O) groups is 3. The van der Waals surface area contributed by atoms with Gasteiger partial charge in [-0.1, -0.05) is 20.8 Å². The molecule has 0 aliphatic rings. The minimum Gasteiger partial charge on any atom is -0.464 e. The van der Waals surface area contributed by atoms with E-state index in [1.54, 1.807) is 34.6 Å². The Kier molecular flexibility index (Phi) is 8.29. The Morgan fingerprint density at radius 3 is 2.04 bits per heavy atom. The van der Waals surface area contributed by atoms with E-state index in [1.165, 1.54) is 0 Å². The summed E-state index contributed by atoms with van der Waals surface area (Å²) in [5.74, 6) is -7.82. The highest BCUT2D eigenvalue weighted by Gasteiger charge is 2.51. The molecule has 0 bridgehead atoms. The first-order chi connectivity index (χ1) is 10.9. The maximum atomic E-state index is 14.0. The zero-order valence-corrected chi connectivity index (χ0v) is 15.0. The van der Waals surface area contributed by atoms with Crippen LogP contribution in [0, 0.1) is 11.3 Å². The standard InChI is InChI=1S/C16H26F2O6/c1-7-15(4,5)13(20)23-9-12(19)24-11(8-10(2)3)16(17,18)14(21)22-6/h10-11H,7-9H2,1-6H3. The van der Waals surface area contributed by atoms with Gasteiger partial charge < -0.3 is 14.2 Å². The summed E-state index contributed by atoms with van der Waals surface area (Å²) < 4.78 is 41.5. The second-order valence-electron chi connectivity index (χ2n) is 6.54. The van der Waals surface area contributed by atoms with Gasteiger partial charge in [-0.2, -0.15) is 8.78 Å². The van der Waals surface area contributed by atoms with E-state index >= 15 is 0 Å². The van der Waals surface area contributed by atoms with Gasteiger partial charge in [0, 0.05) is 0 Å². The van der Waals surface area contributed by atoms with Crippen LogP contribution in [0.1, 0.15) is 47.5 Å². The summed E-state index contributed by atoms with van der Waals surface area (Å²) in [6.45, 7) is 7.51. The van der Waals surface area contributed by atoms with Crippen LogP contribution in [0.2, 0.25) is 0 Å². The van der Waals surface area contributed by atoms with E-state index in [2.05, 4.69) is 9.47 Å². The molecule has 0 saturated heterocycles. The molecule has 1 unspecified atom stereocenters. The molecule has 0 aliphatic heterocycles. The largest absolute Gasteiger partial charge is 0.464 e. The lowest BCUT2D eigenvalue weighted by molar-refractivity contribution is -0.200. The van der Waals surface area contributed by atoms with Crippen molar-refractivity contribution in [2.45, 2.75) is 59.5 Å². The lowest BCUT2D eigenvalue weighted by atomic mass is 9.91. The normalized spacial score (nSPS) is 13.4. The molecule has 0 rings (SSSR count). The second kappa shape index (κ2) is 8.94. The summed E-state index contributed by atoms with van der Waals surface area (Å²) in [6, 6.07) is 0. The zero-order valence-electron chi connectivity index (χ0n) is 15.0. The number of esters is 3. The topological polar surface area (TPSA) is 78.9 Å². The average molecular weight is 352 g/mol. The number of methoxy groups -OCH3 is 1. The van der Waals surface area contributed by atoms with Gasteiger partial charge in [-0.05, 0) is 32.6 Å². The summed E-state index contributed by atoms with van der Waals surface area (Å²) in [5, 5.41) is 0. The molecular formula is C16H26F2O6. The first-order valence-corrected chi connectivity index (χ1v) is 7.71. The van der Waals surface area contributed by atoms with Crippen molar-refractivity contribution in [2.75, 3.05) is 13.7 Å². The van der Waals surface area contributed by atoms with Crippen molar-refractivity contribution in [1.29, 1.82) is 0 Å². The minimum absolute atomic E-state index is 0.248. The first kappa shape index (κ1) is 22.3. The average Bonchev–Trinajstić information content (AvgIpc) is 2.50. The van der Waals surface area contributed by atoms with E-state index in [1.807, 2.05) is 0 Å². The van der Waals surface area contributed by atoms with Gasteiger partial charge in [-0.3, -0.25) is 4.79 Å². The second-order valence-corrected chi connectivity index (χ2v) is 6.54. The van der Waals surface area contributed by atoms with Crippen molar-refractivity contribution in [3.05, 3.63) is 0 Å². The van der Waals surface area contributed by atoms with Gasteiger partial charge in [-0.15, -0.1) is 0 Å². The molecule has 24 heavy (non-hydrogen) atoms. The highest BCUT2D eigenvalue weighted by atomic mass is 19.3. The van der Waals surface area contributed by atoms with E-state index in [4.69, 9.17) is 4.74 Å². The molecule has 0 N–H and O–H groups in total. The lowest BCUT2D eigenvalue weighted by Gasteiger charge is -2.26. The molecule has 0 spiro atoms. The molecule has 0 fully saturated rings. The Labute approximate surface area is 140 Å². The van der Waals surface area contributed by atoms with Crippen LogP contribution >= 0.6 is 0 Å². The van der Waals surface area contributed by atoms with Crippen LogP contribution in [-0.4, -0.2) is 43.7 Å². The van der Waals surface area contributed by atoms with Crippen LogP contribution in [0.15, 0.2) is 0 Å². The summed E-state index contributed by atoms with van der Waals surface area (Å²) in [6.07, 6.45) is -1.75. The third-order valence-corrected chi connectivity index (χ3v) is 3.58. The van der Waals surface area contributed by atoms with Crippen molar-refractivity contribution >= 4 is 17.9 Å². The van der Waals surface area contributed by atoms with Crippen LogP contribution in [0.4, 0.5) is 8.78 Å². The SMILES string of the molecule is CCC(C)(C)C(=O)OCC(=O)OC(CC(C)C)C(F)(F)C(=O)OC. The van der Waals surface area contributed by atoms with Crippen molar-refractivity contribution in [3.63, 3.8) is 0 Å². The van der Waals surface area contributed by atoms with Crippen molar-refractivity contribution < 1.29 is 37.4 Å². The highest BCUT2D eigenvalue weighted by molar-refractivity contribution is 5.81. The first-order valence-electron chi connectivity index (χ1n) is 7.71. The molecule has 0 aliphatic carbocycles. The molecule has 8 heteroatoms. The molecule has 140 valence electrons. The lowest BCUT2D eigenvalue weighted by Crippen LogP contribution is -2.46. The number of hydrogen-bond acceptors (Lipinski definition) is 6. The fourth-order valence-corrected chi connectivity index (χ4v) is 1.62. The summed E-state index contributed by atoms with van der Waals surface area (Å²) in [7, 11) is 0.819. The predicted molar refractivity (Wildman–Crippen MR) is 81.3 cm³/mol. The maximum absolute atomic E-state index is 14.0. The molecule has 0 radical (unpaired) electrons. The minimum atomic E-state index is -3.98. The number of hydrogen-bond donors (Lipinski definition) is 0. The Morgan fingerprint density at radius 2 is 1.62 bits per heavy atom. The molecule has 0 aromatic carbocycles. The third kappa shape index (κ3) is 6.41. The van der Waals surface area contributed by atoms with Crippen molar-refractivity contribution in [3.8, 4) is 0 Å². The van der Waals surface area contributed by atoms with Crippen molar-refractivity contribution in [1.82, 2.24) is 0 Å². The molecular weight excluding hydrogens is 326 g/mol. The molecule has 0 amide bonds. The third-order valence-electron chi connectivity index (χ3n) is 3.58. The van der Waals surface area contributed by atoms with Crippen LogP contribution in [0.5, 0.6) is 0 Å². The van der Waals surface area contributed by atoms with Crippen LogP contribution in [0.25, 0.3) is 0 Å². The predicted octanol–water partition coefficient (Wildman–Crippen LogP) is 2.73. The van der Waals surface area contributed by atoms with Crippen LogP contribution in [0.3, 0.4) is 0 Å². The van der Waals surface area contributed by atoms with Gasteiger partial charge in [-0.25, -0.2) is 9.59 Å². The molecule has 6 nitrogen and oxygen atoms in total. The number of carbonyl (C=O) groups excluding carboxylic acids is 3. The quantitative estimate of drug-likeness (QED) is 0.469. The number of alkyl halides is 2. The van der Waals surface area contributed by atoms with Gasteiger partial charge in [0.25, 0.3) is 0 Å². The molecule has 0 heterocycles. The van der Waals surface area contributed by atoms with E-state index in [0.717, 1.165) is 7.11 Å². The maximum Gasteiger partial charge on any atom is 0.380 e. The number of ether oxygens (including phenoxy) is 3. The molecule has 0 aromatic rings. The monoisotopic (exact) mass is 352 g/mol. The Hall–Kier alpha value is -1.73. The van der Waals surface area contributed by atoms with E-state index in [9.17, 15) is 23.2 Å². The fraction of sp³-hybridized carbons (Fsp3) is 0.812. The van der Waals surface area contributed by atoms with Crippen molar-refractivity contribution in [2.24, 2.45) is 11.3 Å². The zero-order chi connectivity index (χ0) is 19.1. The molecule has 0 aromatic heterocycles. The van der Waals surface area contributed by atoms with E-state index < -0.39 is 42.0 Å². The van der Waals surface area contributed by atoms with Gasteiger partial charge in [0.05, 0.1) is 12.5 Å². The van der Waals surface area contributed by atoms with E-state index in [0.29, 0.717) is 6.42 Å². The Balaban J connectivity index is 4.90. The van der Waals surface area contributed by atoms with Crippen LogP contribution in [-0.2, 0) is 28.6 Å². The number of rotatable bonds is 9. The van der Waals surface area contributed by atoms with Gasteiger partial charge in [0.15, 0.2) is 12.7 Å². The summed E-state index contributed by atoms with van der Waals surface area (Å²) in [4.78, 5) is 34.7. The van der Waals surface area contributed by atoms with E-state index in [-0.39, 0.29) is 12.3 Å². The highest BCUT2D eigenvalue weighted by Crippen LogP contribution is 2.28. The number of halogens is 2. The fourth-order valence-electron chi connectivity index (χ4n) is 1.62. The van der Waals surface area contributed by atoms with Gasteiger partial charge >= 0.3 is 23.8 Å². The molecule has 0 saturated carbocycles.